The molecule has 1 N–H and O–H groups in total. The number of hydrogen-bond acceptors (Lipinski definition) is 3. The van der Waals surface area contributed by atoms with E-state index in [2.05, 4.69) is 61.4 Å². The maximum Gasteiger partial charge on any atom is 0.118 e. The van der Waals surface area contributed by atoms with E-state index >= 15 is 0 Å². The number of nitrogens with zero attached hydrogens (tertiary/aromatic N) is 1. The van der Waals surface area contributed by atoms with Crippen molar-refractivity contribution in [1.29, 1.82) is 0 Å². The van der Waals surface area contributed by atoms with Crippen LogP contribution in [0.1, 0.15) is 30.7 Å². The van der Waals surface area contributed by atoms with Crippen LogP contribution in [0.3, 0.4) is 0 Å². The second-order valence-corrected chi connectivity index (χ2v) is 5.61. The number of benzene rings is 1. The lowest BCUT2D eigenvalue weighted by Crippen LogP contribution is -2.21. The molecule has 108 valence electrons. The van der Waals surface area contributed by atoms with Crippen molar-refractivity contribution in [2.45, 2.75) is 39.5 Å². The molecule has 0 aliphatic carbocycles. The first kappa shape index (κ1) is 14.8. The Morgan fingerprint density at radius 2 is 1.85 bits per heavy atom. The van der Waals surface area contributed by atoms with Gasteiger partial charge in [0, 0.05) is 24.7 Å². The Balaban J connectivity index is 1.83. The van der Waals surface area contributed by atoms with Crippen LogP contribution in [0.2, 0.25) is 0 Å². The highest BCUT2D eigenvalue weighted by molar-refractivity contribution is 5.15. The van der Waals surface area contributed by atoms with Gasteiger partial charge in [-0.1, -0.05) is 44.2 Å². The van der Waals surface area contributed by atoms with Crippen LogP contribution < -0.4 is 5.32 Å². The number of hydrogen-bond donors (Lipinski definition) is 1. The minimum atomic E-state index is 0.495. The van der Waals surface area contributed by atoms with E-state index in [1.54, 1.807) is 0 Å². The van der Waals surface area contributed by atoms with Gasteiger partial charge in [0.2, 0.25) is 0 Å². The van der Waals surface area contributed by atoms with Gasteiger partial charge in [0.15, 0.2) is 0 Å². The van der Waals surface area contributed by atoms with Crippen molar-refractivity contribution in [3.8, 4) is 0 Å². The average molecular weight is 272 g/mol. The SMILES string of the molecule is CC(C)NCc1coc(CN(C)Cc2ccccc2)c1. The Morgan fingerprint density at radius 1 is 1.10 bits per heavy atom. The Morgan fingerprint density at radius 3 is 2.55 bits per heavy atom. The predicted molar refractivity (Wildman–Crippen MR) is 82.3 cm³/mol. The normalized spacial score (nSPS) is 11.4. The number of rotatable bonds is 7. The molecule has 0 aliphatic heterocycles. The fraction of sp³-hybridized carbons (Fsp3) is 0.412. The zero-order valence-electron chi connectivity index (χ0n) is 12.6. The van der Waals surface area contributed by atoms with E-state index in [0.29, 0.717) is 6.04 Å². The van der Waals surface area contributed by atoms with Crippen LogP contribution in [-0.2, 0) is 19.6 Å². The van der Waals surface area contributed by atoms with Crippen LogP contribution in [0, 0.1) is 0 Å². The summed E-state index contributed by atoms with van der Waals surface area (Å²) in [6.07, 6.45) is 1.85. The molecule has 1 heterocycles. The molecular weight excluding hydrogens is 248 g/mol. The van der Waals surface area contributed by atoms with E-state index in [1.165, 1.54) is 11.1 Å². The summed E-state index contributed by atoms with van der Waals surface area (Å²) in [6.45, 7) is 6.92. The molecule has 0 saturated heterocycles. The summed E-state index contributed by atoms with van der Waals surface area (Å²) in [4.78, 5) is 2.26. The second-order valence-electron chi connectivity index (χ2n) is 5.61. The zero-order valence-corrected chi connectivity index (χ0v) is 12.6. The first-order valence-corrected chi connectivity index (χ1v) is 7.15. The van der Waals surface area contributed by atoms with Gasteiger partial charge < -0.3 is 9.73 Å². The lowest BCUT2D eigenvalue weighted by atomic mass is 10.2. The molecule has 2 aromatic rings. The molecule has 3 heteroatoms. The van der Waals surface area contributed by atoms with Crippen molar-refractivity contribution in [3.63, 3.8) is 0 Å². The van der Waals surface area contributed by atoms with Crippen molar-refractivity contribution in [1.82, 2.24) is 10.2 Å². The zero-order chi connectivity index (χ0) is 14.4. The topological polar surface area (TPSA) is 28.4 Å². The Bertz CT molecular complexity index is 505. The average Bonchev–Trinajstić information content (AvgIpc) is 2.85. The third kappa shape index (κ3) is 4.83. The van der Waals surface area contributed by atoms with Gasteiger partial charge in [0.25, 0.3) is 0 Å². The van der Waals surface area contributed by atoms with Crippen LogP contribution in [0.4, 0.5) is 0 Å². The molecule has 3 nitrogen and oxygen atoms in total. The highest BCUT2D eigenvalue weighted by Crippen LogP contribution is 2.12. The maximum absolute atomic E-state index is 5.62. The lowest BCUT2D eigenvalue weighted by Gasteiger charge is -2.14. The summed E-state index contributed by atoms with van der Waals surface area (Å²) in [5.41, 5.74) is 2.53. The van der Waals surface area contributed by atoms with Crippen LogP contribution >= 0.6 is 0 Å². The highest BCUT2D eigenvalue weighted by atomic mass is 16.3. The van der Waals surface area contributed by atoms with Gasteiger partial charge in [-0.05, 0) is 18.7 Å². The van der Waals surface area contributed by atoms with Crippen LogP contribution in [-0.4, -0.2) is 18.0 Å². The molecule has 1 aromatic carbocycles. The fourth-order valence-electron chi connectivity index (χ4n) is 2.14. The Kier molecular flexibility index (Phi) is 5.39. The standard InChI is InChI=1S/C17H24N2O/c1-14(2)18-10-16-9-17(20-13-16)12-19(3)11-15-7-5-4-6-8-15/h4-9,13-14,18H,10-12H2,1-3H3. The third-order valence-corrected chi connectivity index (χ3v) is 3.14. The van der Waals surface area contributed by atoms with Crippen LogP contribution in [0.5, 0.6) is 0 Å². The smallest absolute Gasteiger partial charge is 0.118 e. The Labute approximate surface area is 121 Å². The fourth-order valence-corrected chi connectivity index (χ4v) is 2.14. The van der Waals surface area contributed by atoms with Crippen molar-refractivity contribution < 1.29 is 4.42 Å². The summed E-state index contributed by atoms with van der Waals surface area (Å²) >= 11 is 0. The summed E-state index contributed by atoms with van der Waals surface area (Å²) < 4.78 is 5.62. The van der Waals surface area contributed by atoms with E-state index in [1.807, 2.05) is 12.3 Å². The minimum absolute atomic E-state index is 0.495. The van der Waals surface area contributed by atoms with Gasteiger partial charge >= 0.3 is 0 Å². The molecule has 0 bridgehead atoms. The summed E-state index contributed by atoms with van der Waals surface area (Å²) in [6, 6.07) is 13.1. The summed E-state index contributed by atoms with van der Waals surface area (Å²) in [5.74, 6) is 1.02. The molecule has 0 amide bonds. The largest absolute Gasteiger partial charge is 0.468 e. The van der Waals surface area contributed by atoms with Crippen LogP contribution in [0.25, 0.3) is 0 Å². The van der Waals surface area contributed by atoms with Gasteiger partial charge in [-0.25, -0.2) is 0 Å². The van der Waals surface area contributed by atoms with Gasteiger partial charge in [-0.2, -0.15) is 0 Å². The Hall–Kier alpha value is -1.58. The van der Waals surface area contributed by atoms with Crippen molar-refractivity contribution in [2.75, 3.05) is 7.05 Å². The summed E-state index contributed by atoms with van der Waals surface area (Å²) in [5, 5.41) is 3.39. The molecule has 0 atom stereocenters. The molecule has 0 saturated carbocycles. The molecule has 0 spiro atoms. The monoisotopic (exact) mass is 272 g/mol. The van der Waals surface area contributed by atoms with Gasteiger partial charge in [0.05, 0.1) is 12.8 Å². The summed E-state index contributed by atoms with van der Waals surface area (Å²) in [7, 11) is 2.11. The first-order valence-electron chi connectivity index (χ1n) is 7.15. The van der Waals surface area contributed by atoms with Gasteiger partial charge in [-0.15, -0.1) is 0 Å². The quantitative estimate of drug-likeness (QED) is 0.837. The molecule has 0 unspecified atom stereocenters. The van der Waals surface area contributed by atoms with E-state index in [9.17, 15) is 0 Å². The predicted octanol–water partition coefficient (Wildman–Crippen LogP) is 3.41. The van der Waals surface area contributed by atoms with E-state index < -0.39 is 0 Å². The van der Waals surface area contributed by atoms with E-state index in [-0.39, 0.29) is 0 Å². The van der Waals surface area contributed by atoms with Gasteiger partial charge in [0.1, 0.15) is 5.76 Å². The second kappa shape index (κ2) is 7.27. The molecule has 0 radical (unpaired) electrons. The molecule has 20 heavy (non-hydrogen) atoms. The highest BCUT2D eigenvalue weighted by Gasteiger charge is 2.06. The third-order valence-electron chi connectivity index (χ3n) is 3.14. The lowest BCUT2D eigenvalue weighted by molar-refractivity contribution is 0.288. The van der Waals surface area contributed by atoms with Crippen molar-refractivity contribution in [3.05, 3.63) is 59.5 Å². The molecule has 0 fully saturated rings. The minimum Gasteiger partial charge on any atom is -0.468 e. The molecule has 0 aliphatic rings. The molecular formula is C17H24N2O. The molecule has 1 aromatic heterocycles. The first-order chi connectivity index (χ1) is 9.63. The van der Waals surface area contributed by atoms with E-state index in [0.717, 1.165) is 25.4 Å². The number of nitrogens with one attached hydrogen (secondary N) is 1. The van der Waals surface area contributed by atoms with Gasteiger partial charge in [-0.3, -0.25) is 4.90 Å². The van der Waals surface area contributed by atoms with Crippen molar-refractivity contribution in [2.24, 2.45) is 0 Å². The maximum atomic E-state index is 5.62. The van der Waals surface area contributed by atoms with Crippen LogP contribution in [0.15, 0.2) is 47.1 Å². The molecule has 2 rings (SSSR count). The van der Waals surface area contributed by atoms with Crippen molar-refractivity contribution >= 4 is 0 Å². The van der Waals surface area contributed by atoms with E-state index in [4.69, 9.17) is 4.42 Å². The number of furan rings is 1.